The summed E-state index contributed by atoms with van der Waals surface area (Å²) in [7, 11) is 0. The molecule has 0 heterocycles. The SMILES string of the molecule is CCCCCC/C=C/c1ccc(O)c(O)c1. The van der Waals surface area contributed by atoms with E-state index in [0.717, 1.165) is 12.0 Å². The van der Waals surface area contributed by atoms with Crippen molar-refractivity contribution in [2.24, 2.45) is 0 Å². The molecular formula is C14H20O2. The van der Waals surface area contributed by atoms with Gasteiger partial charge in [-0.1, -0.05) is 44.4 Å². The Hall–Kier alpha value is -1.44. The van der Waals surface area contributed by atoms with E-state index in [1.807, 2.05) is 6.08 Å². The first-order valence-electron chi connectivity index (χ1n) is 5.92. The van der Waals surface area contributed by atoms with Crippen molar-refractivity contribution in [2.45, 2.75) is 39.0 Å². The number of hydrogen-bond acceptors (Lipinski definition) is 2. The smallest absolute Gasteiger partial charge is 0.157 e. The van der Waals surface area contributed by atoms with Crippen LogP contribution in [0.2, 0.25) is 0 Å². The lowest BCUT2D eigenvalue weighted by Gasteiger charge is -1.98. The van der Waals surface area contributed by atoms with Gasteiger partial charge in [-0.25, -0.2) is 0 Å². The predicted octanol–water partition coefficient (Wildman–Crippen LogP) is 4.08. The summed E-state index contributed by atoms with van der Waals surface area (Å²) >= 11 is 0. The van der Waals surface area contributed by atoms with Gasteiger partial charge in [-0.2, -0.15) is 0 Å². The molecule has 0 unspecified atom stereocenters. The second-order valence-corrected chi connectivity index (χ2v) is 4.00. The number of hydrogen-bond donors (Lipinski definition) is 2. The van der Waals surface area contributed by atoms with Crippen LogP contribution >= 0.6 is 0 Å². The average molecular weight is 220 g/mol. The first-order chi connectivity index (χ1) is 7.74. The van der Waals surface area contributed by atoms with Crippen molar-refractivity contribution in [3.63, 3.8) is 0 Å². The number of phenolic OH excluding ortho intramolecular Hbond substituents is 2. The van der Waals surface area contributed by atoms with Crippen molar-refractivity contribution >= 4 is 6.08 Å². The number of benzene rings is 1. The molecule has 0 radical (unpaired) electrons. The number of allylic oxidation sites excluding steroid dienone is 1. The van der Waals surface area contributed by atoms with Crippen molar-refractivity contribution in [1.82, 2.24) is 0 Å². The van der Waals surface area contributed by atoms with E-state index in [4.69, 9.17) is 5.11 Å². The van der Waals surface area contributed by atoms with Gasteiger partial charge in [-0.3, -0.25) is 0 Å². The molecule has 0 aliphatic rings. The van der Waals surface area contributed by atoms with Gasteiger partial charge >= 0.3 is 0 Å². The molecule has 0 aliphatic carbocycles. The van der Waals surface area contributed by atoms with E-state index in [0.29, 0.717) is 0 Å². The quantitative estimate of drug-likeness (QED) is 0.560. The maximum atomic E-state index is 9.29. The van der Waals surface area contributed by atoms with Gasteiger partial charge in [0.05, 0.1) is 0 Å². The van der Waals surface area contributed by atoms with Crippen LogP contribution in [0.4, 0.5) is 0 Å². The Morgan fingerprint density at radius 2 is 1.88 bits per heavy atom. The fraction of sp³-hybridized carbons (Fsp3) is 0.429. The minimum absolute atomic E-state index is 0.0619. The fourth-order valence-corrected chi connectivity index (χ4v) is 1.55. The molecule has 0 aliphatic heterocycles. The van der Waals surface area contributed by atoms with Gasteiger partial charge in [0.15, 0.2) is 11.5 Å². The molecule has 2 heteroatoms. The number of unbranched alkanes of at least 4 members (excludes halogenated alkanes) is 4. The zero-order chi connectivity index (χ0) is 11.8. The topological polar surface area (TPSA) is 40.5 Å². The van der Waals surface area contributed by atoms with Gasteiger partial charge < -0.3 is 10.2 Å². The van der Waals surface area contributed by atoms with Gasteiger partial charge in [0, 0.05) is 0 Å². The van der Waals surface area contributed by atoms with Crippen LogP contribution in [0.5, 0.6) is 11.5 Å². The summed E-state index contributed by atoms with van der Waals surface area (Å²) in [5.41, 5.74) is 0.922. The van der Waals surface area contributed by atoms with E-state index in [1.54, 1.807) is 12.1 Å². The summed E-state index contributed by atoms with van der Waals surface area (Å²) in [5, 5.41) is 18.4. The molecule has 2 nitrogen and oxygen atoms in total. The van der Waals surface area contributed by atoms with E-state index >= 15 is 0 Å². The molecule has 1 aromatic rings. The van der Waals surface area contributed by atoms with Gasteiger partial charge in [-0.15, -0.1) is 0 Å². The Bertz CT molecular complexity index is 343. The van der Waals surface area contributed by atoms with Crippen LogP contribution in [0, 0.1) is 0 Å². The molecule has 16 heavy (non-hydrogen) atoms. The molecule has 0 bridgehead atoms. The standard InChI is InChI=1S/C14H20O2/c1-2-3-4-5-6-7-8-12-9-10-13(15)14(16)11-12/h7-11,15-16H,2-6H2,1H3/b8-7+. The van der Waals surface area contributed by atoms with E-state index in [9.17, 15) is 5.11 Å². The van der Waals surface area contributed by atoms with Gasteiger partial charge in [0.25, 0.3) is 0 Å². The van der Waals surface area contributed by atoms with Gasteiger partial charge in [0.1, 0.15) is 0 Å². The van der Waals surface area contributed by atoms with Crippen LogP contribution in [-0.2, 0) is 0 Å². The second kappa shape index (κ2) is 6.94. The third kappa shape index (κ3) is 4.39. The Balaban J connectivity index is 2.35. The zero-order valence-corrected chi connectivity index (χ0v) is 9.82. The van der Waals surface area contributed by atoms with E-state index in [2.05, 4.69) is 13.0 Å². The van der Waals surface area contributed by atoms with E-state index in [1.165, 1.54) is 31.7 Å². The van der Waals surface area contributed by atoms with E-state index < -0.39 is 0 Å². The first kappa shape index (κ1) is 12.6. The molecular weight excluding hydrogens is 200 g/mol. The Morgan fingerprint density at radius 1 is 1.06 bits per heavy atom. The summed E-state index contributed by atoms with van der Waals surface area (Å²) in [6, 6.07) is 4.86. The molecule has 0 saturated heterocycles. The fourth-order valence-electron chi connectivity index (χ4n) is 1.55. The molecule has 0 saturated carbocycles. The lowest BCUT2D eigenvalue weighted by atomic mass is 10.1. The molecule has 2 N–H and O–H groups in total. The summed E-state index contributed by atoms with van der Waals surface area (Å²) in [4.78, 5) is 0. The number of aromatic hydroxyl groups is 2. The van der Waals surface area contributed by atoms with Crippen molar-refractivity contribution in [3.8, 4) is 11.5 Å². The lowest BCUT2D eigenvalue weighted by Crippen LogP contribution is -1.75. The van der Waals surface area contributed by atoms with Crippen molar-refractivity contribution in [3.05, 3.63) is 29.8 Å². The minimum atomic E-state index is -0.0694. The largest absolute Gasteiger partial charge is 0.504 e. The van der Waals surface area contributed by atoms with Crippen LogP contribution < -0.4 is 0 Å². The Labute approximate surface area is 97.2 Å². The minimum Gasteiger partial charge on any atom is -0.504 e. The van der Waals surface area contributed by atoms with E-state index in [-0.39, 0.29) is 11.5 Å². The van der Waals surface area contributed by atoms with Crippen molar-refractivity contribution < 1.29 is 10.2 Å². The maximum Gasteiger partial charge on any atom is 0.157 e. The average Bonchev–Trinajstić information content (AvgIpc) is 2.28. The van der Waals surface area contributed by atoms with Crippen LogP contribution in [0.1, 0.15) is 44.6 Å². The highest BCUT2D eigenvalue weighted by atomic mass is 16.3. The van der Waals surface area contributed by atoms with Crippen molar-refractivity contribution in [2.75, 3.05) is 0 Å². The Morgan fingerprint density at radius 3 is 2.56 bits per heavy atom. The first-order valence-corrected chi connectivity index (χ1v) is 5.92. The molecule has 88 valence electrons. The molecule has 0 fully saturated rings. The number of phenols is 2. The highest BCUT2D eigenvalue weighted by molar-refractivity contribution is 5.54. The van der Waals surface area contributed by atoms with Gasteiger partial charge in [-0.05, 0) is 30.5 Å². The zero-order valence-electron chi connectivity index (χ0n) is 9.82. The summed E-state index contributed by atoms with van der Waals surface area (Å²) in [6.45, 7) is 2.20. The lowest BCUT2D eigenvalue weighted by molar-refractivity contribution is 0.403. The Kier molecular flexibility index (Phi) is 5.48. The van der Waals surface area contributed by atoms with Crippen molar-refractivity contribution in [1.29, 1.82) is 0 Å². The predicted molar refractivity (Wildman–Crippen MR) is 67.6 cm³/mol. The molecule has 0 amide bonds. The third-order valence-corrected chi connectivity index (χ3v) is 2.53. The summed E-state index contributed by atoms with van der Waals surface area (Å²) in [6.07, 6.45) is 10.2. The third-order valence-electron chi connectivity index (χ3n) is 2.53. The summed E-state index contributed by atoms with van der Waals surface area (Å²) in [5.74, 6) is -0.131. The molecule has 0 atom stereocenters. The molecule has 0 aromatic heterocycles. The molecule has 1 rings (SSSR count). The van der Waals surface area contributed by atoms with Crippen LogP contribution in [0.25, 0.3) is 6.08 Å². The monoisotopic (exact) mass is 220 g/mol. The highest BCUT2D eigenvalue weighted by Crippen LogP contribution is 2.25. The van der Waals surface area contributed by atoms with Crippen LogP contribution in [0.15, 0.2) is 24.3 Å². The second-order valence-electron chi connectivity index (χ2n) is 4.00. The molecule has 0 spiro atoms. The number of rotatable bonds is 6. The van der Waals surface area contributed by atoms with Gasteiger partial charge in [0.2, 0.25) is 0 Å². The summed E-state index contributed by atoms with van der Waals surface area (Å²) < 4.78 is 0. The van der Waals surface area contributed by atoms with Crippen LogP contribution in [-0.4, -0.2) is 10.2 Å². The maximum absolute atomic E-state index is 9.29. The normalized spacial score (nSPS) is 11.1. The molecule has 1 aromatic carbocycles. The highest BCUT2D eigenvalue weighted by Gasteiger charge is 1.97. The van der Waals surface area contributed by atoms with Crippen LogP contribution in [0.3, 0.4) is 0 Å².